The summed E-state index contributed by atoms with van der Waals surface area (Å²) in [5, 5.41) is 15.3. The molecule has 2 heterocycles. The van der Waals surface area contributed by atoms with Crippen LogP contribution in [-0.2, 0) is 14.8 Å². The number of anilines is 1. The average molecular weight is 437 g/mol. The standard InChI is InChI=1S/C18H16N2O5S3/c21-16(22)11-14(15-6-2-8-26-15)19-18(23)12-4-1-5-13(10-12)20-28(24,25)17-7-3-9-27-17/h1-10,14,20H,11H2,(H,19,23)(H,21,22)/t14-/m1/s1. The monoisotopic (exact) mass is 436 g/mol. The van der Waals surface area contributed by atoms with E-state index in [2.05, 4.69) is 10.0 Å². The SMILES string of the molecule is O=C(O)C[C@@H](NC(=O)c1cccc(NS(=O)(=O)c2cccs2)c1)c1cccs1. The minimum atomic E-state index is -3.73. The van der Waals surface area contributed by atoms with Crippen molar-refractivity contribution in [2.24, 2.45) is 0 Å². The first-order valence-corrected chi connectivity index (χ1v) is 11.3. The first-order chi connectivity index (χ1) is 13.3. The minimum Gasteiger partial charge on any atom is -0.481 e. The van der Waals surface area contributed by atoms with E-state index in [4.69, 9.17) is 5.11 Å². The lowest BCUT2D eigenvalue weighted by Crippen LogP contribution is -2.29. The second-order valence-electron chi connectivity index (χ2n) is 5.76. The first-order valence-electron chi connectivity index (χ1n) is 8.07. The van der Waals surface area contributed by atoms with E-state index in [1.165, 1.54) is 35.6 Å². The number of carboxylic acid groups (broad SMARTS) is 1. The zero-order valence-electron chi connectivity index (χ0n) is 14.4. The Kier molecular flexibility index (Phi) is 6.12. The van der Waals surface area contributed by atoms with Crippen LogP contribution < -0.4 is 10.0 Å². The molecule has 1 atom stereocenters. The van der Waals surface area contributed by atoms with Crippen molar-refractivity contribution in [3.05, 3.63) is 69.7 Å². The van der Waals surface area contributed by atoms with Crippen LogP contribution in [0.3, 0.4) is 0 Å². The molecule has 3 aromatic rings. The summed E-state index contributed by atoms with van der Waals surface area (Å²) in [5.41, 5.74) is 0.463. The maximum absolute atomic E-state index is 12.6. The topological polar surface area (TPSA) is 113 Å². The summed E-state index contributed by atoms with van der Waals surface area (Å²) in [6.07, 6.45) is -0.253. The van der Waals surface area contributed by atoms with E-state index in [-0.39, 0.29) is 21.9 Å². The van der Waals surface area contributed by atoms with Crippen LogP contribution in [0.2, 0.25) is 0 Å². The van der Waals surface area contributed by atoms with E-state index in [0.29, 0.717) is 0 Å². The van der Waals surface area contributed by atoms with Gasteiger partial charge >= 0.3 is 5.97 Å². The van der Waals surface area contributed by atoms with Crippen molar-refractivity contribution in [3.63, 3.8) is 0 Å². The molecule has 1 aromatic carbocycles. The van der Waals surface area contributed by atoms with E-state index < -0.39 is 27.9 Å². The van der Waals surface area contributed by atoms with E-state index in [9.17, 15) is 18.0 Å². The van der Waals surface area contributed by atoms with Gasteiger partial charge in [0.05, 0.1) is 12.5 Å². The molecule has 3 N–H and O–H groups in total. The van der Waals surface area contributed by atoms with Crippen molar-refractivity contribution < 1.29 is 23.1 Å². The molecule has 2 aromatic heterocycles. The molecular weight excluding hydrogens is 420 g/mol. The maximum Gasteiger partial charge on any atom is 0.305 e. The third kappa shape index (κ3) is 4.97. The summed E-state index contributed by atoms with van der Waals surface area (Å²) < 4.78 is 27.3. The molecule has 0 aliphatic heterocycles. The van der Waals surface area contributed by atoms with Gasteiger partial charge in [0.1, 0.15) is 4.21 Å². The molecule has 0 aliphatic rings. The lowest BCUT2D eigenvalue weighted by molar-refractivity contribution is -0.137. The van der Waals surface area contributed by atoms with Crippen molar-refractivity contribution in [2.45, 2.75) is 16.7 Å². The molecule has 0 saturated heterocycles. The Balaban J connectivity index is 1.77. The van der Waals surface area contributed by atoms with Crippen LogP contribution in [0.15, 0.2) is 63.5 Å². The summed E-state index contributed by atoms with van der Waals surface area (Å²) >= 11 is 2.44. The molecule has 0 bridgehead atoms. The summed E-state index contributed by atoms with van der Waals surface area (Å²) in [5.74, 6) is -1.52. The van der Waals surface area contributed by atoms with Crippen molar-refractivity contribution >= 4 is 50.3 Å². The molecule has 0 spiro atoms. The Bertz CT molecular complexity index is 1060. The number of amides is 1. The molecule has 3 rings (SSSR count). The molecule has 1 amide bonds. The molecular formula is C18H16N2O5S3. The molecule has 146 valence electrons. The smallest absolute Gasteiger partial charge is 0.305 e. The first kappa shape index (κ1) is 20.1. The summed E-state index contributed by atoms with van der Waals surface area (Å²) in [4.78, 5) is 24.5. The van der Waals surface area contributed by atoms with Crippen LogP contribution in [0, 0.1) is 0 Å². The van der Waals surface area contributed by atoms with Crippen LogP contribution in [-0.4, -0.2) is 25.4 Å². The fraction of sp³-hybridized carbons (Fsp3) is 0.111. The van der Waals surface area contributed by atoms with E-state index in [0.717, 1.165) is 16.2 Å². The van der Waals surface area contributed by atoms with Crippen molar-refractivity contribution in [1.29, 1.82) is 0 Å². The number of carbonyl (C=O) groups excluding carboxylic acids is 1. The highest BCUT2D eigenvalue weighted by Gasteiger charge is 2.21. The second-order valence-corrected chi connectivity index (χ2v) is 9.59. The van der Waals surface area contributed by atoms with Gasteiger partial charge in [-0.1, -0.05) is 18.2 Å². The highest BCUT2D eigenvalue weighted by molar-refractivity contribution is 7.94. The predicted molar refractivity (Wildman–Crippen MR) is 108 cm³/mol. The van der Waals surface area contributed by atoms with Crippen molar-refractivity contribution in [3.8, 4) is 0 Å². The molecule has 7 nitrogen and oxygen atoms in total. The van der Waals surface area contributed by atoms with Crippen LogP contribution in [0.4, 0.5) is 5.69 Å². The van der Waals surface area contributed by atoms with E-state index in [1.807, 2.05) is 0 Å². The third-order valence-corrected chi connectivity index (χ3v) is 7.47. The Morgan fingerprint density at radius 3 is 2.43 bits per heavy atom. The quantitative estimate of drug-likeness (QED) is 0.500. The van der Waals surface area contributed by atoms with Gasteiger partial charge < -0.3 is 10.4 Å². The lowest BCUT2D eigenvalue weighted by atomic mass is 10.1. The second kappa shape index (κ2) is 8.55. The number of thiophene rings is 2. The Morgan fingerprint density at radius 1 is 1.04 bits per heavy atom. The van der Waals surface area contributed by atoms with Crippen LogP contribution >= 0.6 is 22.7 Å². The number of aliphatic carboxylic acids is 1. The van der Waals surface area contributed by atoms with Crippen molar-refractivity contribution in [2.75, 3.05) is 4.72 Å². The molecule has 0 saturated carbocycles. The average Bonchev–Trinajstić information content (AvgIpc) is 3.34. The van der Waals surface area contributed by atoms with Crippen LogP contribution in [0.25, 0.3) is 0 Å². The van der Waals surface area contributed by atoms with Crippen LogP contribution in [0.1, 0.15) is 27.7 Å². The van der Waals surface area contributed by atoms with Gasteiger partial charge in [-0.15, -0.1) is 22.7 Å². The Labute approximate surface area is 169 Å². The van der Waals surface area contributed by atoms with Gasteiger partial charge in [0.2, 0.25) is 0 Å². The fourth-order valence-corrected chi connectivity index (χ4v) is 5.29. The number of carbonyl (C=O) groups is 2. The predicted octanol–water partition coefficient (Wildman–Crippen LogP) is 3.56. The number of hydrogen-bond donors (Lipinski definition) is 3. The van der Waals surface area contributed by atoms with Gasteiger partial charge in [0.15, 0.2) is 0 Å². The number of rotatable bonds is 8. The summed E-state index contributed by atoms with van der Waals surface area (Å²) in [6, 6.07) is 12.0. The number of sulfonamides is 1. The third-order valence-electron chi connectivity index (χ3n) is 3.71. The number of nitrogens with one attached hydrogen (secondary N) is 2. The molecule has 10 heteroatoms. The van der Waals surface area contributed by atoms with Crippen LogP contribution in [0.5, 0.6) is 0 Å². The van der Waals surface area contributed by atoms with Gasteiger partial charge in [-0.05, 0) is 41.1 Å². The highest BCUT2D eigenvalue weighted by atomic mass is 32.2. The number of hydrogen-bond acceptors (Lipinski definition) is 6. The zero-order valence-corrected chi connectivity index (χ0v) is 16.8. The molecule has 0 aliphatic carbocycles. The molecule has 28 heavy (non-hydrogen) atoms. The van der Waals surface area contributed by atoms with Gasteiger partial charge in [0.25, 0.3) is 15.9 Å². The van der Waals surface area contributed by atoms with E-state index in [1.54, 1.807) is 35.0 Å². The lowest BCUT2D eigenvalue weighted by Gasteiger charge is -2.16. The normalized spacial score (nSPS) is 12.3. The molecule has 0 unspecified atom stereocenters. The number of benzene rings is 1. The van der Waals surface area contributed by atoms with E-state index >= 15 is 0 Å². The van der Waals surface area contributed by atoms with Gasteiger partial charge in [-0.3, -0.25) is 14.3 Å². The Morgan fingerprint density at radius 2 is 1.79 bits per heavy atom. The number of carboxylic acids is 1. The zero-order chi connectivity index (χ0) is 20.1. The molecule has 0 fully saturated rings. The van der Waals surface area contributed by atoms with Gasteiger partial charge in [-0.2, -0.15) is 0 Å². The van der Waals surface area contributed by atoms with Crippen molar-refractivity contribution in [1.82, 2.24) is 5.32 Å². The Hall–Kier alpha value is -2.69. The maximum atomic E-state index is 12.6. The fourth-order valence-electron chi connectivity index (χ4n) is 2.47. The largest absolute Gasteiger partial charge is 0.481 e. The van der Waals surface area contributed by atoms with Gasteiger partial charge in [-0.25, -0.2) is 8.42 Å². The minimum absolute atomic E-state index is 0.168. The van der Waals surface area contributed by atoms with Gasteiger partial charge in [0, 0.05) is 16.1 Å². The summed E-state index contributed by atoms with van der Waals surface area (Å²) in [6.45, 7) is 0. The highest BCUT2D eigenvalue weighted by Crippen LogP contribution is 2.24. The summed E-state index contributed by atoms with van der Waals surface area (Å²) in [7, 11) is -3.73. The molecule has 0 radical (unpaired) electrons.